The van der Waals surface area contributed by atoms with Crippen LogP contribution in [0.1, 0.15) is 51.5 Å². The number of rotatable bonds is 9. The molecule has 1 amide bonds. The van der Waals surface area contributed by atoms with Gasteiger partial charge in [0.25, 0.3) is 5.91 Å². The number of ether oxygens (including phenoxy) is 3. The highest BCUT2D eigenvalue weighted by atomic mass is 35.5. The first kappa shape index (κ1) is 22.1. The molecule has 1 N–H and O–H groups in total. The van der Waals surface area contributed by atoms with Crippen molar-refractivity contribution in [3.63, 3.8) is 0 Å². The SMILES string of the molecule is CCCOc1c(Cl)cc(/C=C/C(=O)O[C@@H](C)C(=O)NC2CCCC2)cc1OC. The van der Waals surface area contributed by atoms with Crippen LogP contribution in [0.25, 0.3) is 6.08 Å². The van der Waals surface area contributed by atoms with Crippen molar-refractivity contribution in [2.24, 2.45) is 0 Å². The van der Waals surface area contributed by atoms with Crippen molar-refractivity contribution in [3.8, 4) is 11.5 Å². The summed E-state index contributed by atoms with van der Waals surface area (Å²) in [6, 6.07) is 3.58. The Balaban J connectivity index is 1.95. The second-order valence-electron chi connectivity index (χ2n) is 6.78. The van der Waals surface area contributed by atoms with Gasteiger partial charge in [-0.25, -0.2) is 4.79 Å². The van der Waals surface area contributed by atoms with Crippen LogP contribution in [-0.4, -0.2) is 37.7 Å². The van der Waals surface area contributed by atoms with Crippen molar-refractivity contribution in [3.05, 3.63) is 28.8 Å². The van der Waals surface area contributed by atoms with Gasteiger partial charge in [0.1, 0.15) is 0 Å². The first-order chi connectivity index (χ1) is 13.4. The largest absolute Gasteiger partial charge is 0.493 e. The maximum Gasteiger partial charge on any atom is 0.331 e. The van der Waals surface area contributed by atoms with E-state index in [0.717, 1.165) is 32.1 Å². The lowest BCUT2D eigenvalue weighted by atomic mass is 10.2. The number of carbonyl (C=O) groups excluding carboxylic acids is 2. The summed E-state index contributed by atoms with van der Waals surface area (Å²) in [6.07, 6.45) is 7.02. The van der Waals surface area contributed by atoms with Crippen LogP contribution < -0.4 is 14.8 Å². The Kier molecular flexibility index (Phi) is 8.64. The van der Waals surface area contributed by atoms with Gasteiger partial charge < -0.3 is 19.5 Å². The zero-order valence-electron chi connectivity index (χ0n) is 16.6. The first-order valence-electron chi connectivity index (χ1n) is 9.64. The molecule has 0 unspecified atom stereocenters. The number of nitrogens with one attached hydrogen (secondary N) is 1. The number of amides is 1. The van der Waals surface area contributed by atoms with Gasteiger partial charge in [-0.3, -0.25) is 4.79 Å². The molecule has 1 aliphatic carbocycles. The molecule has 154 valence electrons. The average Bonchev–Trinajstić information content (AvgIpc) is 3.18. The molecule has 1 aromatic carbocycles. The maximum atomic E-state index is 12.1. The minimum Gasteiger partial charge on any atom is -0.493 e. The van der Waals surface area contributed by atoms with Crippen LogP contribution in [-0.2, 0) is 14.3 Å². The second kappa shape index (κ2) is 11.0. The molecule has 1 atom stereocenters. The number of esters is 1. The van der Waals surface area contributed by atoms with E-state index in [1.807, 2.05) is 6.92 Å². The number of benzene rings is 1. The molecular weight excluding hydrogens is 382 g/mol. The van der Waals surface area contributed by atoms with Gasteiger partial charge in [-0.2, -0.15) is 0 Å². The zero-order chi connectivity index (χ0) is 20.5. The van der Waals surface area contributed by atoms with Crippen LogP contribution in [0.15, 0.2) is 18.2 Å². The van der Waals surface area contributed by atoms with Crippen LogP contribution >= 0.6 is 11.6 Å². The third-order valence-electron chi connectivity index (χ3n) is 4.48. The minimum atomic E-state index is -0.847. The minimum absolute atomic E-state index is 0.187. The number of halogens is 1. The average molecular weight is 410 g/mol. The van der Waals surface area contributed by atoms with E-state index >= 15 is 0 Å². The van der Waals surface area contributed by atoms with Gasteiger partial charge in [0.2, 0.25) is 0 Å². The molecule has 2 rings (SSSR count). The molecule has 0 spiro atoms. The second-order valence-corrected chi connectivity index (χ2v) is 7.19. The number of hydrogen-bond donors (Lipinski definition) is 1. The van der Waals surface area contributed by atoms with E-state index in [-0.39, 0.29) is 11.9 Å². The van der Waals surface area contributed by atoms with Crippen molar-refractivity contribution in [1.82, 2.24) is 5.32 Å². The van der Waals surface area contributed by atoms with Gasteiger partial charge in [0, 0.05) is 12.1 Å². The van der Waals surface area contributed by atoms with E-state index in [1.165, 1.54) is 13.2 Å². The molecule has 6 nitrogen and oxygen atoms in total. The van der Waals surface area contributed by atoms with Crippen molar-refractivity contribution in [2.75, 3.05) is 13.7 Å². The van der Waals surface area contributed by atoms with Crippen molar-refractivity contribution < 1.29 is 23.8 Å². The maximum absolute atomic E-state index is 12.1. The predicted molar refractivity (Wildman–Crippen MR) is 109 cm³/mol. The molecule has 1 aliphatic rings. The summed E-state index contributed by atoms with van der Waals surface area (Å²) in [5.41, 5.74) is 0.658. The lowest BCUT2D eigenvalue weighted by Gasteiger charge is -2.16. The Morgan fingerprint density at radius 2 is 2.04 bits per heavy atom. The molecule has 1 aromatic rings. The molecule has 0 heterocycles. The molecule has 0 bridgehead atoms. The van der Waals surface area contributed by atoms with Gasteiger partial charge in [0.05, 0.1) is 18.7 Å². The number of carbonyl (C=O) groups is 2. The lowest BCUT2D eigenvalue weighted by molar-refractivity contribution is -0.150. The van der Waals surface area contributed by atoms with E-state index in [0.29, 0.717) is 28.7 Å². The fraction of sp³-hybridized carbons (Fsp3) is 0.524. The van der Waals surface area contributed by atoms with E-state index in [9.17, 15) is 9.59 Å². The standard InChI is InChI=1S/C21H28ClNO5/c1-4-11-27-20-17(22)12-15(13-18(20)26-3)9-10-19(24)28-14(2)21(25)23-16-7-5-6-8-16/h9-10,12-14,16H,4-8,11H2,1-3H3,(H,23,25)/b10-9+/t14-/m0/s1. The third-order valence-corrected chi connectivity index (χ3v) is 4.76. The zero-order valence-corrected chi connectivity index (χ0v) is 17.4. The van der Waals surface area contributed by atoms with Gasteiger partial charge in [-0.1, -0.05) is 31.4 Å². The lowest BCUT2D eigenvalue weighted by Crippen LogP contribution is -2.40. The van der Waals surface area contributed by atoms with Crippen molar-refractivity contribution in [2.45, 2.75) is 58.1 Å². The predicted octanol–water partition coefficient (Wildman–Crippen LogP) is 4.14. The normalized spacial score (nSPS) is 15.4. The van der Waals surface area contributed by atoms with Crippen LogP contribution in [0.5, 0.6) is 11.5 Å². The smallest absolute Gasteiger partial charge is 0.331 e. The fourth-order valence-electron chi connectivity index (χ4n) is 3.00. The number of hydrogen-bond acceptors (Lipinski definition) is 5. The number of methoxy groups -OCH3 is 1. The third kappa shape index (κ3) is 6.44. The van der Waals surface area contributed by atoms with Crippen molar-refractivity contribution >= 4 is 29.6 Å². The van der Waals surface area contributed by atoms with E-state index in [2.05, 4.69) is 5.32 Å². The molecule has 0 aliphatic heterocycles. The summed E-state index contributed by atoms with van der Waals surface area (Å²) < 4.78 is 16.1. The quantitative estimate of drug-likeness (QED) is 0.490. The Bertz CT molecular complexity index is 713. The highest BCUT2D eigenvalue weighted by molar-refractivity contribution is 6.32. The highest BCUT2D eigenvalue weighted by Gasteiger charge is 2.22. The molecule has 1 saturated carbocycles. The summed E-state index contributed by atoms with van der Waals surface area (Å²) in [7, 11) is 1.52. The monoisotopic (exact) mass is 409 g/mol. The summed E-state index contributed by atoms with van der Waals surface area (Å²) >= 11 is 6.26. The Morgan fingerprint density at radius 1 is 1.32 bits per heavy atom. The van der Waals surface area contributed by atoms with Crippen LogP contribution in [0, 0.1) is 0 Å². The van der Waals surface area contributed by atoms with Crippen LogP contribution in [0.4, 0.5) is 0 Å². The Hall–Kier alpha value is -2.21. The summed E-state index contributed by atoms with van der Waals surface area (Å²) in [4.78, 5) is 24.1. The molecule has 28 heavy (non-hydrogen) atoms. The molecule has 7 heteroatoms. The topological polar surface area (TPSA) is 73.9 Å². The summed E-state index contributed by atoms with van der Waals surface area (Å²) in [6.45, 7) is 4.09. The van der Waals surface area contributed by atoms with Gasteiger partial charge in [0.15, 0.2) is 17.6 Å². The van der Waals surface area contributed by atoms with Gasteiger partial charge >= 0.3 is 5.97 Å². The van der Waals surface area contributed by atoms with Crippen molar-refractivity contribution in [1.29, 1.82) is 0 Å². The molecule has 0 radical (unpaired) electrons. The van der Waals surface area contributed by atoms with Gasteiger partial charge in [-0.05, 0) is 50.0 Å². The molecule has 1 fully saturated rings. The Labute approximate surface area is 171 Å². The van der Waals surface area contributed by atoms with Gasteiger partial charge in [-0.15, -0.1) is 0 Å². The van der Waals surface area contributed by atoms with Crippen LogP contribution in [0.3, 0.4) is 0 Å². The fourth-order valence-corrected chi connectivity index (χ4v) is 3.27. The van der Waals surface area contributed by atoms with E-state index < -0.39 is 12.1 Å². The van der Waals surface area contributed by atoms with E-state index in [1.54, 1.807) is 25.1 Å². The van der Waals surface area contributed by atoms with E-state index in [4.69, 9.17) is 25.8 Å². The summed E-state index contributed by atoms with van der Waals surface area (Å²) in [5.74, 6) is 0.0903. The first-order valence-corrected chi connectivity index (χ1v) is 10.0. The Morgan fingerprint density at radius 3 is 2.68 bits per heavy atom. The summed E-state index contributed by atoms with van der Waals surface area (Å²) in [5, 5.41) is 3.31. The molecule has 0 saturated heterocycles. The van der Waals surface area contributed by atoms with Crippen LogP contribution in [0.2, 0.25) is 5.02 Å². The molecule has 0 aromatic heterocycles. The molecular formula is C21H28ClNO5. The highest BCUT2D eigenvalue weighted by Crippen LogP contribution is 2.36.